The van der Waals surface area contributed by atoms with Crippen molar-refractivity contribution in [3.8, 4) is 11.5 Å². The van der Waals surface area contributed by atoms with E-state index in [0.29, 0.717) is 18.1 Å². The van der Waals surface area contributed by atoms with Gasteiger partial charge in [0.2, 0.25) is 0 Å². The second kappa shape index (κ2) is 7.43. The number of aliphatic imine (C=N–C) groups is 1. The molecule has 138 valence electrons. The van der Waals surface area contributed by atoms with E-state index in [1.54, 1.807) is 33.1 Å². The molecule has 9 heteroatoms. The van der Waals surface area contributed by atoms with Crippen LogP contribution in [0.2, 0.25) is 0 Å². The predicted molar refractivity (Wildman–Crippen MR) is 100 cm³/mol. The highest BCUT2D eigenvalue weighted by molar-refractivity contribution is 8.14. The molecule has 0 spiro atoms. The largest absolute Gasteiger partial charge is 0.493 e. The summed E-state index contributed by atoms with van der Waals surface area (Å²) in [5.41, 5.74) is 0.853. The summed E-state index contributed by atoms with van der Waals surface area (Å²) in [6.45, 7) is 0.608. The number of fused-ring (bicyclic) bond motifs is 1. The van der Waals surface area contributed by atoms with Crippen molar-refractivity contribution in [2.75, 3.05) is 50.1 Å². The second-order valence-electron chi connectivity index (χ2n) is 5.87. The molecule has 1 aromatic carbocycles. The first-order valence-corrected chi connectivity index (χ1v) is 10.7. The minimum Gasteiger partial charge on any atom is -0.493 e. The van der Waals surface area contributed by atoms with E-state index >= 15 is 0 Å². The summed E-state index contributed by atoms with van der Waals surface area (Å²) in [5.74, 6) is 2.21. The maximum atomic E-state index is 12.0. The van der Waals surface area contributed by atoms with Crippen LogP contribution in [-0.4, -0.2) is 70.9 Å². The minimum absolute atomic E-state index is 0.107. The lowest BCUT2D eigenvalue weighted by Crippen LogP contribution is -2.39. The van der Waals surface area contributed by atoms with Crippen molar-refractivity contribution in [3.05, 3.63) is 18.2 Å². The van der Waals surface area contributed by atoms with Crippen molar-refractivity contribution in [3.63, 3.8) is 0 Å². The van der Waals surface area contributed by atoms with Crippen molar-refractivity contribution in [1.82, 2.24) is 0 Å². The van der Waals surface area contributed by atoms with Gasteiger partial charge in [-0.3, -0.25) is 4.99 Å². The Hall–Kier alpha value is -1.45. The van der Waals surface area contributed by atoms with Gasteiger partial charge in [0.15, 0.2) is 26.5 Å². The van der Waals surface area contributed by atoms with E-state index in [0.717, 1.165) is 16.6 Å². The van der Waals surface area contributed by atoms with Gasteiger partial charge in [0.1, 0.15) is 0 Å². The van der Waals surface area contributed by atoms with Crippen LogP contribution in [0.4, 0.5) is 5.69 Å². The van der Waals surface area contributed by atoms with E-state index in [9.17, 15) is 8.42 Å². The normalized spacial score (nSPS) is 24.1. The molecule has 0 radical (unpaired) electrons. The van der Waals surface area contributed by atoms with Gasteiger partial charge in [0, 0.05) is 24.6 Å². The van der Waals surface area contributed by atoms with Crippen LogP contribution in [0.3, 0.4) is 0 Å². The molecule has 0 bridgehead atoms. The molecular formula is C16H22N2O5S2. The average molecular weight is 386 g/mol. The second-order valence-corrected chi connectivity index (χ2v) is 9.09. The van der Waals surface area contributed by atoms with Gasteiger partial charge in [-0.25, -0.2) is 8.42 Å². The van der Waals surface area contributed by atoms with Crippen molar-refractivity contribution >= 4 is 32.5 Å². The van der Waals surface area contributed by atoms with Crippen LogP contribution >= 0.6 is 11.8 Å². The first-order chi connectivity index (χ1) is 12.0. The van der Waals surface area contributed by atoms with Crippen LogP contribution in [0.1, 0.15) is 0 Å². The van der Waals surface area contributed by atoms with Gasteiger partial charge in [-0.1, -0.05) is 11.8 Å². The number of hydrogen-bond acceptors (Lipinski definition) is 8. The van der Waals surface area contributed by atoms with Gasteiger partial charge in [-0.2, -0.15) is 0 Å². The third-order valence-electron chi connectivity index (χ3n) is 4.27. The standard InChI is InChI=1S/C16H22N2O5S2/c1-21-6-7-24-16-17-12-9-25(19,20)10-13(12)18(16)11-4-5-14(22-2)15(8-11)23-3/h4-5,8,12-13H,6-7,9-10H2,1-3H3/t12-,13-/m0/s1. The average Bonchev–Trinajstić information content (AvgIpc) is 3.05. The number of methoxy groups -OCH3 is 3. The molecule has 0 amide bonds. The summed E-state index contributed by atoms with van der Waals surface area (Å²) in [6, 6.07) is 5.19. The van der Waals surface area contributed by atoms with Crippen LogP contribution in [0.25, 0.3) is 0 Å². The fraction of sp³-hybridized carbons (Fsp3) is 0.562. The third-order valence-corrected chi connectivity index (χ3v) is 6.90. The molecule has 1 aromatic rings. The summed E-state index contributed by atoms with van der Waals surface area (Å²) in [6.07, 6.45) is 0. The monoisotopic (exact) mass is 386 g/mol. The molecule has 25 heavy (non-hydrogen) atoms. The lowest BCUT2D eigenvalue weighted by atomic mass is 10.1. The van der Waals surface area contributed by atoms with Crippen LogP contribution < -0.4 is 14.4 Å². The highest BCUT2D eigenvalue weighted by Crippen LogP contribution is 2.38. The van der Waals surface area contributed by atoms with Gasteiger partial charge in [0.25, 0.3) is 0 Å². The number of amidine groups is 1. The van der Waals surface area contributed by atoms with Crippen molar-refractivity contribution in [1.29, 1.82) is 0 Å². The Kier molecular flexibility index (Phi) is 5.45. The lowest BCUT2D eigenvalue weighted by molar-refractivity contribution is 0.219. The number of benzene rings is 1. The molecule has 0 unspecified atom stereocenters. The Labute approximate surface area is 152 Å². The fourth-order valence-electron chi connectivity index (χ4n) is 3.13. The summed E-state index contributed by atoms with van der Waals surface area (Å²) in [5, 5.41) is 0.828. The molecule has 0 N–H and O–H groups in total. The van der Waals surface area contributed by atoms with E-state index in [1.807, 2.05) is 23.1 Å². The van der Waals surface area contributed by atoms with Crippen molar-refractivity contribution in [2.45, 2.75) is 12.1 Å². The summed E-state index contributed by atoms with van der Waals surface area (Å²) >= 11 is 1.58. The van der Waals surface area contributed by atoms with Gasteiger partial charge in [-0.15, -0.1) is 0 Å². The predicted octanol–water partition coefficient (Wildman–Crippen LogP) is 1.43. The molecule has 3 rings (SSSR count). The molecule has 0 saturated carbocycles. The van der Waals surface area contributed by atoms with E-state index in [4.69, 9.17) is 14.2 Å². The Bertz CT molecular complexity index is 766. The van der Waals surface area contributed by atoms with E-state index < -0.39 is 9.84 Å². The molecule has 2 aliphatic rings. The highest BCUT2D eigenvalue weighted by atomic mass is 32.2. The molecular weight excluding hydrogens is 364 g/mol. The van der Waals surface area contributed by atoms with Gasteiger partial charge in [0.05, 0.1) is 44.4 Å². The number of ether oxygens (including phenoxy) is 3. The highest BCUT2D eigenvalue weighted by Gasteiger charge is 2.47. The molecule has 2 aliphatic heterocycles. The number of thioether (sulfide) groups is 1. The lowest BCUT2D eigenvalue weighted by Gasteiger charge is -2.27. The van der Waals surface area contributed by atoms with Crippen molar-refractivity contribution in [2.24, 2.45) is 4.99 Å². The molecule has 7 nitrogen and oxygen atoms in total. The zero-order valence-electron chi connectivity index (χ0n) is 14.5. The SMILES string of the molecule is COCCSC1=N[C@H]2CS(=O)(=O)C[C@@H]2N1c1ccc(OC)c(OC)c1. The number of hydrogen-bond donors (Lipinski definition) is 0. The van der Waals surface area contributed by atoms with Gasteiger partial charge < -0.3 is 19.1 Å². The zero-order chi connectivity index (χ0) is 18.0. The number of anilines is 1. The Balaban J connectivity index is 1.93. The Morgan fingerprint density at radius 3 is 2.64 bits per heavy atom. The first-order valence-electron chi connectivity index (χ1n) is 7.90. The minimum atomic E-state index is -3.06. The number of nitrogens with zero attached hydrogens (tertiary/aromatic N) is 2. The molecule has 0 aromatic heterocycles. The van der Waals surface area contributed by atoms with Gasteiger partial charge in [-0.05, 0) is 12.1 Å². The summed E-state index contributed by atoms with van der Waals surface area (Å²) in [7, 11) is 1.76. The zero-order valence-corrected chi connectivity index (χ0v) is 16.1. The maximum Gasteiger partial charge on any atom is 0.164 e. The van der Waals surface area contributed by atoms with E-state index in [1.165, 1.54) is 0 Å². The summed E-state index contributed by atoms with van der Waals surface area (Å²) in [4.78, 5) is 6.68. The molecule has 1 saturated heterocycles. The number of rotatable bonds is 6. The summed E-state index contributed by atoms with van der Waals surface area (Å²) < 4.78 is 39.9. The number of sulfone groups is 1. The molecule has 0 aliphatic carbocycles. The van der Waals surface area contributed by atoms with Crippen LogP contribution in [0.15, 0.2) is 23.2 Å². The van der Waals surface area contributed by atoms with Crippen LogP contribution in [-0.2, 0) is 14.6 Å². The molecule has 2 atom stereocenters. The van der Waals surface area contributed by atoms with Crippen molar-refractivity contribution < 1.29 is 22.6 Å². The quantitative estimate of drug-likeness (QED) is 0.685. The third kappa shape index (κ3) is 3.73. The van der Waals surface area contributed by atoms with E-state index in [-0.39, 0.29) is 23.6 Å². The molecule has 1 fully saturated rings. The van der Waals surface area contributed by atoms with E-state index in [2.05, 4.69) is 4.99 Å². The maximum absolute atomic E-state index is 12.0. The first kappa shape index (κ1) is 18.3. The molecule has 2 heterocycles. The Morgan fingerprint density at radius 1 is 1.20 bits per heavy atom. The van der Waals surface area contributed by atoms with Gasteiger partial charge >= 0.3 is 0 Å². The topological polar surface area (TPSA) is 77.4 Å². The van der Waals surface area contributed by atoms with Crippen LogP contribution in [0, 0.1) is 0 Å². The fourth-order valence-corrected chi connectivity index (χ4v) is 5.99. The van der Waals surface area contributed by atoms with Crippen LogP contribution in [0.5, 0.6) is 11.5 Å². The Morgan fingerprint density at radius 2 is 1.96 bits per heavy atom. The smallest absolute Gasteiger partial charge is 0.164 e.